The maximum absolute atomic E-state index is 12.4. The highest BCUT2D eigenvalue weighted by atomic mass is 32.1. The number of hydrogen-bond acceptors (Lipinski definition) is 6. The smallest absolute Gasteiger partial charge is 0.327 e. The Bertz CT molecular complexity index is 525. The molecule has 0 saturated carbocycles. The van der Waals surface area contributed by atoms with E-state index in [1.807, 2.05) is 6.92 Å². The summed E-state index contributed by atoms with van der Waals surface area (Å²) in [7, 11) is 0. The molecule has 5 N–H and O–H groups in total. The van der Waals surface area contributed by atoms with Crippen molar-refractivity contribution in [3.05, 3.63) is 0 Å². The maximum atomic E-state index is 12.4. The molecule has 0 aromatic heterocycles. The van der Waals surface area contributed by atoms with E-state index >= 15 is 0 Å². The summed E-state index contributed by atoms with van der Waals surface area (Å²) in [4.78, 5) is 47.5. The van der Waals surface area contributed by atoms with Crippen molar-refractivity contribution in [2.75, 3.05) is 18.8 Å². The number of nitrogens with one attached hydrogen (secondary N) is 4. The number of carbonyl (C=O) groups is 4. The monoisotopic (exact) mass is 388 g/mol. The molecule has 1 fully saturated rings. The number of carboxylic acid groups (broad SMARTS) is 1. The standard InChI is InChI=1S/C16H28N4O5S/c1-3-9(2)13(15(23)19-11(8-26)16(24)25)20-12(21)7-18-14(22)10-5-4-6-17-10/h9-11,13,17,26H,3-8H2,1-2H3,(H,18,22)(H,19,23)(H,20,21)(H,24,25). The number of rotatable bonds is 10. The van der Waals surface area contributed by atoms with Crippen LogP contribution in [-0.4, -0.2) is 65.8 Å². The summed E-state index contributed by atoms with van der Waals surface area (Å²) in [5, 5.41) is 19.6. The van der Waals surface area contributed by atoms with Gasteiger partial charge < -0.3 is 26.4 Å². The molecule has 4 unspecified atom stereocenters. The van der Waals surface area contributed by atoms with Crippen LogP contribution in [0.15, 0.2) is 0 Å². The number of hydrogen-bond donors (Lipinski definition) is 6. The van der Waals surface area contributed by atoms with Crippen LogP contribution in [0.5, 0.6) is 0 Å². The summed E-state index contributed by atoms with van der Waals surface area (Å²) in [6.07, 6.45) is 2.25. The molecule has 0 spiro atoms. The Kier molecular flexibility index (Phi) is 9.42. The topological polar surface area (TPSA) is 137 Å². The Labute approximate surface area is 158 Å². The molecule has 148 valence electrons. The van der Waals surface area contributed by atoms with Crippen LogP contribution in [-0.2, 0) is 19.2 Å². The van der Waals surface area contributed by atoms with Gasteiger partial charge in [-0.05, 0) is 25.3 Å². The van der Waals surface area contributed by atoms with Gasteiger partial charge in [-0.1, -0.05) is 20.3 Å². The molecule has 4 atom stereocenters. The van der Waals surface area contributed by atoms with Crippen LogP contribution in [0.2, 0.25) is 0 Å². The predicted molar refractivity (Wildman–Crippen MR) is 98.8 cm³/mol. The Hall–Kier alpha value is -1.81. The van der Waals surface area contributed by atoms with E-state index in [9.17, 15) is 19.2 Å². The van der Waals surface area contributed by atoms with Crippen LogP contribution in [0.1, 0.15) is 33.1 Å². The van der Waals surface area contributed by atoms with Crippen molar-refractivity contribution < 1.29 is 24.3 Å². The summed E-state index contributed by atoms with van der Waals surface area (Å²) in [5.41, 5.74) is 0. The second kappa shape index (κ2) is 11.0. The summed E-state index contributed by atoms with van der Waals surface area (Å²) < 4.78 is 0. The minimum absolute atomic E-state index is 0.0628. The van der Waals surface area contributed by atoms with E-state index in [4.69, 9.17) is 5.11 Å². The summed E-state index contributed by atoms with van der Waals surface area (Å²) in [6, 6.07) is -2.32. The third kappa shape index (κ3) is 6.83. The van der Waals surface area contributed by atoms with Gasteiger partial charge in [-0.15, -0.1) is 0 Å². The van der Waals surface area contributed by atoms with Gasteiger partial charge in [0.2, 0.25) is 17.7 Å². The Balaban J connectivity index is 2.59. The van der Waals surface area contributed by atoms with Gasteiger partial charge in [0.15, 0.2) is 0 Å². The highest BCUT2D eigenvalue weighted by Crippen LogP contribution is 2.09. The van der Waals surface area contributed by atoms with Crippen LogP contribution in [0.3, 0.4) is 0 Å². The summed E-state index contributed by atoms with van der Waals surface area (Å²) >= 11 is 3.90. The Morgan fingerprint density at radius 1 is 1.27 bits per heavy atom. The molecule has 1 rings (SSSR count). The van der Waals surface area contributed by atoms with Crippen molar-refractivity contribution in [1.29, 1.82) is 0 Å². The van der Waals surface area contributed by atoms with E-state index in [1.54, 1.807) is 6.92 Å². The molecule has 1 saturated heterocycles. The molecular formula is C16H28N4O5S. The van der Waals surface area contributed by atoms with Crippen molar-refractivity contribution in [3.8, 4) is 0 Å². The first kappa shape index (κ1) is 22.2. The molecule has 26 heavy (non-hydrogen) atoms. The third-order valence-corrected chi connectivity index (χ3v) is 4.77. The third-order valence-electron chi connectivity index (χ3n) is 4.41. The van der Waals surface area contributed by atoms with Gasteiger partial charge >= 0.3 is 5.97 Å². The van der Waals surface area contributed by atoms with Gasteiger partial charge in [0.25, 0.3) is 0 Å². The van der Waals surface area contributed by atoms with Crippen molar-refractivity contribution in [3.63, 3.8) is 0 Å². The molecular weight excluding hydrogens is 360 g/mol. The van der Waals surface area contributed by atoms with E-state index in [1.165, 1.54) is 0 Å². The Morgan fingerprint density at radius 3 is 2.46 bits per heavy atom. The number of amides is 3. The highest BCUT2D eigenvalue weighted by molar-refractivity contribution is 7.80. The highest BCUT2D eigenvalue weighted by Gasteiger charge is 2.29. The van der Waals surface area contributed by atoms with Crippen LogP contribution in [0, 0.1) is 5.92 Å². The van der Waals surface area contributed by atoms with Crippen LogP contribution < -0.4 is 21.3 Å². The second-order valence-corrected chi connectivity index (χ2v) is 6.74. The lowest BCUT2D eigenvalue weighted by Gasteiger charge is -2.25. The van der Waals surface area contributed by atoms with Crippen LogP contribution in [0.4, 0.5) is 0 Å². The van der Waals surface area contributed by atoms with Gasteiger partial charge in [0, 0.05) is 5.75 Å². The molecule has 1 aliphatic heterocycles. The lowest BCUT2D eigenvalue weighted by Crippen LogP contribution is -2.56. The maximum Gasteiger partial charge on any atom is 0.327 e. The molecule has 10 heteroatoms. The second-order valence-electron chi connectivity index (χ2n) is 6.38. The molecule has 9 nitrogen and oxygen atoms in total. The van der Waals surface area contributed by atoms with Gasteiger partial charge in [0.05, 0.1) is 12.6 Å². The molecule has 0 aromatic rings. The number of carboxylic acids is 1. The molecule has 0 radical (unpaired) electrons. The molecule has 0 bridgehead atoms. The van der Waals surface area contributed by atoms with Crippen LogP contribution >= 0.6 is 12.6 Å². The van der Waals surface area contributed by atoms with Gasteiger partial charge in [0.1, 0.15) is 12.1 Å². The van der Waals surface area contributed by atoms with Gasteiger partial charge in [-0.3, -0.25) is 14.4 Å². The Morgan fingerprint density at radius 2 is 1.96 bits per heavy atom. The number of aliphatic carboxylic acids is 1. The normalized spacial score (nSPS) is 19.9. The largest absolute Gasteiger partial charge is 0.480 e. The van der Waals surface area contributed by atoms with E-state index in [0.717, 1.165) is 19.4 Å². The minimum atomic E-state index is -1.20. The zero-order valence-corrected chi connectivity index (χ0v) is 16.0. The van der Waals surface area contributed by atoms with E-state index in [2.05, 4.69) is 33.9 Å². The zero-order chi connectivity index (χ0) is 19.7. The molecule has 0 aromatic carbocycles. The molecule has 0 aliphatic carbocycles. The number of carbonyl (C=O) groups excluding carboxylic acids is 3. The fourth-order valence-corrected chi connectivity index (χ4v) is 2.82. The van der Waals surface area contributed by atoms with Crippen LogP contribution in [0.25, 0.3) is 0 Å². The number of thiol groups is 1. The van der Waals surface area contributed by atoms with Crippen molar-refractivity contribution in [2.45, 2.75) is 51.2 Å². The predicted octanol–water partition coefficient (Wildman–Crippen LogP) is -1.12. The lowest BCUT2D eigenvalue weighted by atomic mass is 9.98. The zero-order valence-electron chi connectivity index (χ0n) is 15.1. The fraction of sp³-hybridized carbons (Fsp3) is 0.750. The SMILES string of the molecule is CCC(C)C(NC(=O)CNC(=O)C1CCCN1)C(=O)NC(CS)C(=O)O. The fourth-order valence-electron chi connectivity index (χ4n) is 2.57. The van der Waals surface area contributed by atoms with Crippen molar-refractivity contribution >= 4 is 36.3 Å². The average Bonchev–Trinajstić information content (AvgIpc) is 3.15. The van der Waals surface area contributed by atoms with E-state index < -0.39 is 29.9 Å². The van der Waals surface area contributed by atoms with E-state index in [0.29, 0.717) is 6.42 Å². The molecule has 1 heterocycles. The first-order valence-electron chi connectivity index (χ1n) is 8.74. The van der Waals surface area contributed by atoms with Gasteiger partial charge in [-0.25, -0.2) is 4.79 Å². The first-order chi connectivity index (χ1) is 12.3. The van der Waals surface area contributed by atoms with Crippen molar-refractivity contribution in [2.24, 2.45) is 5.92 Å². The van der Waals surface area contributed by atoms with Crippen molar-refractivity contribution in [1.82, 2.24) is 21.3 Å². The van der Waals surface area contributed by atoms with E-state index in [-0.39, 0.29) is 30.2 Å². The summed E-state index contributed by atoms with van der Waals surface area (Å²) in [6.45, 7) is 4.17. The van der Waals surface area contributed by atoms with Gasteiger partial charge in [-0.2, -0.15) is 12.6 Å². The summed E-state index contributed by atoms with van der Waals surface area (Å²) in [5.74, 6) is -2.80. The average molecular weight is 388 g/mol. The lowest BCUT2D eigenvalue weighted by molar-refractivity contribution is -0.141. The molecule has 1 aliphatic rings. The molecule has 3 amide bonds. The quantitative estimate of drug-likeness (QED) is 0.263. The minimum Gasteiger partial charge on any atom is -0.480 e. The first-order valence-corrected chi connectivity index (χ1v) is 9.37.